The summed E-state index contributed by atoms with van der Waals surface area (Å²) in [7, 11) is 1.39. The highest BCUT2D eigenvalue weighted by atomic mass is 19.1. The van der Waals surface area contributed by atoms with Gasteiger partial charge in [-0.2, -0.15) is 9.97 Å². The number of phenols is 1. The van der Waals surface area contributed by atoms with E-state index in [-0.39, 0.29) is 65.3 Å². The first-order chi connectivity index (χ1) is 21.0. The Kier molecular flexibility index (Phi) is 6.78. The Hall–Kier alpha value is -3.90. The second-order valence-corrected chi connectivity index (χ2v) is 12.5. The second kappa shape index (κ2) is 10.3. The molecule has 7 rings (SSSR count). The second-order valence-electron chi connectivity index (χ2n) is 12.5. The molecule has 2 atom stereocenters. The molecular formula is C32H34F3N5O4. The molecule has 232 valence electrons. The number of aromatic nitrogens is 3. The summed E-state index contributed by atoms with van der Waals surface area (Å²) in [6.45, 7) is 5.22. The number of anilines is 1. The van der Waals surface area contributed by atoms with Crippen molar-refractivity contribution >= 4 is 27.5 Å². The first-order valence-corrected chi connectivity index (χ1v) is 14.9. The number of aromatic hydroxyl groups is 1. The molecule has 0 spiro atoms. The third-order valence-electron chi connectivity index (χ3n) is 9.26. The van der Waals surface area contributed by atoms with Crippen molar-refractivity contribution in [3.63, 3.8) is 0 Å². The lowest BCUT2D eigenvalue weighted by atomic mass is 9.94. The van der Waals surface area contributed by atoms with Gasteiger partial charge in [0.15, 0.2) is 5.82 Å². The van der Waals surface area contributed by atoms with Crippen LogP contribution in [0.2, 0.25) is 0 Å². The number of rotatable bonds is 7. The van der Waals surface area contributed by atoms with Crippen LogP contribution in [0.1, 0.15) is 38.7 Å². The number of ether oxygens (including phenoxy) is 2. The van der Waals surface area contributed by atoms with Crippen LogP contribution in [0.25, 0.3) is 32.9 Å². The predicted octanol–water partition coefficient (Wildman–Crippen LogP) is 4.93. The van der Waals surface area contributed by atoms with E-state index in [0.29, 0.717) is 35.7 Å². The minimum absolute atomic E-state index is 0.0204. The van der Waals surface area contributed by atoms with Crippen LogP contribution in [0.3, 0.4) is 0 Å². The molecule has 0 aliphatic carbocycles. The van der Waals surface area contributed by atoms with Crippen molar-refractivity contribution in [1.82, 2.24) is 19.9 Å². The summed E-state index contributed by atoms with van der Waals surface area (Å²) in [6, 6.07) is 5.60. The molecule has 3 aliphatic rings. The number of pyridine rings is 1. The molecule has 12 heteroatoms. The average Bonchev–Trinajstić information content (AvgIpc) is 3.50. The molecule has 2 aromatic carbocycles. The zero-order valence-corrected chi connectivity index (χ0v) is 24.8. The van der Waals surface area contributed by atoms with Gasteiger partial charge < -0.3 is 24.6 Å². The number of aliphatic hydroxyl groups is 1. The number of hydrogen-bond acceptors (Lipinski definition) is 9. The third-order valence-corrected chi connectivity index (χ3v) is 9.26. The van der Waals surface area contributed by atoms with E-state index in [1.165, 1.54) is 31.4 Å². The molecule has 0 unspecified atom stereocenters. The molecule has 0 radical (unpaired) electrons. The lowest BCUT2D eigenvalue weighted by Gasteiger charge is -2.45. The quantitative estimate of drug-likeness (QED) is 0.302. The molecule has 4 aromatic rings. The molecule has 2 N–H and O–H groups in total. The number of nitrogens with zero attached hydrogens (tertiary/aromatic N) is 5. The largest absolute Gasteiger partial charge is 0.508 e. The van der Waals surface area contributed by atoms with Crippen molar-refractivity contribution in [2.24, 2.45) is 0 Å². The normalized spacial score (nSPS) is 22.9. The Morgan fingerprint density at radius 3 is 2.64 bits per heavy atom. The molecular weight excluding hydrogens is 575 g/mol. The third kappa shape index (κ3) is 4.57. The van der Waals surface area contributed by atoms with Crippen molar-refractivity contribution in [1.29, 1.82) is 0 Å². The monoisotopic (exact) mass is 609 g/mol. The minimum Gasteiger partial charge on any atom is -0.508 e. The number of methoxy groups -OCH3 is 1. The summed E-state index contributed by atoms with van der Waals surface area (Å²) in [4.78, 5) is 17.5. The van der Waals surface area contributed by atoms with Crippen molar-refractivity contribution in [2.75, 3.05) is 44.8 Å². The van der Waals surface area contributed by atoms with Crippen LogP contribution in [0.4, 0.5) is 19.0 Å². The van der Waals surface area contributed by atoms with Gasteiger partial charge in [-0.05, 0) is 67.3 Å². The van der Waals surface area contributed by atoms with E-state index in [1.54, 1.807) is 18.7 Å². The van der Waals surface area contributed by atoms with Crippen LogP contribution in [0, 0.1) is 11.6 Å². The highest BCUT2D eigenvalue weighted by molar-refractivity contribution is 6.03. The maximum Gasteiger partial charge on any atom is 0.319 e. The van der Waals surface area contributed by atoms with Crippen LogP contribution < -0.4 is 14.4 Å². The van der Waals surface area contributed by atoms with Gasteiger partial charge in [0.05, 0.1) is 18.2 Å². The van der Waals surface area contributed by atoms with Crippen LogP contribution in [0.15, 0.2) is 24.3 Å². The van der Waals surface area contributed by atoms with Gasteiger partial charge in [0.1, 0.15) is 46.8 Å². The van der Waals surface area contributed by atoms with Gasteiger partial charge >= 0.3 is 6.01 Å². The summed E-state index contributed by atoms with van der Waals surface area (Å²) in [5.41, 5.74) is -1.22. The number of benzene rings is 2. The maximum atomic E-state index is 16.8. The highest BCUT2D eigenvalue weighted by Gasteiger charge is 2.49. The number of halogens is 3. The summed E-state index contributed by atoms with van der Waals surface area (Å²) in [6.07, 6.45) is 1.44. The lowest BCUT2D eigenvalue weighted by Crippen LogP contribution is -2.60. The van der Waals surface area contributed by atoms with E-state index in [9.17, 15) is 19.0 Å². The summed E-state index contributed by atoms with van der Waals surface area (Å²) >= 11 is 0. The van der Waals surface area contributed by atoms with Crippen molar-refractivity contribution < 1.29 is 32.9 Å². The van der Waals surface area contributed by atoms with Gasteiger partial charge in [-0.1, -0.05) is 13.0 Å². The molecule has 2 aromatic heterocycles. The number of aryl methyl sites for hydroxylation is 1. The Labute approximate surface area is 252 Å². The van der Waals surface area contributed by atoms with Gasteiger partial charge in [-0.25, -0.2) is 18.2 Å². The fourth-order valence-electron chi connectivity index (χ4n) is 7.33. The van der Waals surface area contributed by atoms with Crippen molar-refractivity contribution in [3.8, 4) is 28.9 Å². The predicted molar refractivity (Wildman–Crippen MR) is 159 cm³/mol. The molecule has 3 aliphatic heterocycles. The summed E-state index contributed by atoms with van der Waals surface area (Å²) in [5.74, 6) is -1.12. The summed E-state index contributed by atoms with van der Waals surface area (Å²) < 4.78 is 58.0. The Bertz CT molecular complexity index is 1800. The van der Waals surface area contributed by atoms with E-state index in [2.05, 4.69) is 19.9 Å². The molecule has 3 saturated heterocycles. The number of β-amino-alcohol motifs (C(OH)–C–C–N with tert-alkyl or cyclic N) is 1. The SMILES string of the molecule is CCc1c(F)ccc2cc(O)cc(-c3nc(OC)c4c(N5CC(C)(O)C5)nc(OC[C@@]56CCCN5C[C@H](F)C6)nc4c3F)c12. The maximum absolute atomic E-state index is 16.8. The number of alkyl halides is 1. The Balaban J connectivity index is 1.42. The van der Waals surface area contributed by atoms with Crippen LogP contribution in [0.5, 0.6) is 17.6 Å². The fourth-order valence-corrected chi connectivity index (χ4v) is 7.33. The first kappa shape index (κ1) is 28.8. The zero-order chi connectivity index (χ0) is 31.0. The fraction of sp³-hybridized carbons (Fsp3) is 0.469. The van der Waals surface area contributed by atoms with E-state index in [0.717, 1.165) is 19.4 Å². The van der Waals surface area contributed by atoms with Crippen molar-refractivity contribution in [2.45, 2.75) is 56.8 Å². The van der Waals surface area contributed by atoms with Gasteiger partial charge in [0, 0.05) is 31.6 Å². The molecule has 9 nitrogen and oxygen atoms in total. The number of phenolic OH excluding ortho intramolecular Hbond substituents is 1. The molecule has 0 saturated carbocycles. The Morgan fingerprint density at radius 1 is 1.11 bits per heavy atom. The molecule has 0 amide bonds. The van der Waals surface area contributed by atoms with Gasteiger partial charge in [-0.3, -0.25) is 4.90 Å². The molecule has 0 bridgehead atoms. The smallest absolute Gasteiger partial charge is 0.319 e. The zero-order valence-electron chi connectivity index (χ0n) is 24.8. The van der Waals surface area contributed by atoms with Gasteiger partial charge in [-0.15, -0.1) is 0 Å². The number of fused-ring (bicyclic) bond motifs is 3. The summed E-state index contributed by atoms with van der Waals surface area (Å²) in [5, 5.41) is 22.2. The van der Waals surface area contributed by atoms with Crippen LogP contribution in [-0.2, 0) is 6.42 Å². The van der Waals surface area contributed by atoms with Crippen LogP contribution in [-0.4, -0.2) is 87.3 Å². The Morgan fingerprint density at radius 2 is 1.91 bits per heavy atom. The standard InChI is InChI=1S/C32H34F3N5O4/c1-4-20-22(34)7-6-17-10-19(41)11-21(23(17)20)26-25(35)27-24(29(36-26)43-3)28(39-14-31(2,42)15-39)38-30(37-27)44-16-32-8-5-9-40(32)13-18(33)12-32/h6-7,10-11,18,41-42H,4-5,8-9,12-16H2,1-3H3/t18-,32+/m1/s1. The first-order valence-electron chi connectivity index (χ1n) is 14.9. The van der Waals surface area contributed by atoms with E-state index in [4.69, 9.17) is 9.47 Å². The van der Waals surface area contributed by atoms with Gasteiger partial charge in [0.2, 0.25) is 5.88 Å². The topological polar surface area (TPSA) is 104 Å². The van der Waals surface area contributed by atoms with Crippen molar-refractivity contribution in [3.05, 3.63) is 41.5 Å². The highest BCUT2D eigenvalue weighted by Crippen LogP contribution is 2.44. The lowest BCUT2D eigenvalue weighted by molar-refractivity contribution is 0.0305. The molecule has 3 fully saturated rings. The van der Waals surface area contributed by atoms with E-state index < -0.39 is 28.9 Å². The average molecular weight is 610 g/mol. The van der Waals surface area contributed by atoms with Gasteiger partial charge in [0.25, 0.3) is 0 Å². The van der Waals surface area contributed by atoms with E-state index >= 15 is 4.39 Å². The molecule has 44 heavy (non-hydrogen) atoms. The minimum atomic E-state index is -0.970. The number of hydrogen-bond donors (Lipinski definition) is 2. The van der Waals surface area contributed by atoms with E-state index in [1.807, 2.05) is 0 Å². The van der Waals surface area contributed by atoms with Crippen LogP contribution >= 0.6 is 0 Å². The molecule has 5 heterocycles.